The number of ether oxygens (including phenoxy) is 1. The van der Waals surface area contributed by atoms with Gasteiger partial charge in [0, 0.05) is 6.42 Å². The summed E-state index contributed by atoms with van der Waals surface area (Å²) in [5, 5.41) is 0. The minimum absolute atomic E-state index is 0.0514. The SMILES string of the molecule is Cc1cc(Br)c(OCC2CCC2)c(C(=O)CCN)c1. The molecule has 19 heavy (non-hydrogen) atoms. The van der Waals surface area contributed by atoms with Gasteiger partial charge in [-0.05, 0) is 65.9 Å². The lowest BCUT2D eigenvalue weighted by molar-refractivity contribution is 0.0978. The van der Waals surface area contributed by atoms with Crippen LogP contribution in [0.1, 0.15) is 41.6 Å². The molecular weight excluding hydrogens is 306 g/mol. The number of halogens is 1. The van der Waals surface area contributed by atoms with Gasteiger partial charge in [0.05, 0.1) is 16.6 Å². The highest BCUT2D eigenvalue weighted by atomic mass is 79.9. The Morgan fingerprint density at radius 3 is 2.79 bits per heavy atom. The summed E-state index contributed by atoms with van der Waals surface area (Å²) < 4.78 is 6.74. The Labute approximate surface area is 122 Å². The van der Waals surface area contributed by atoms with Crippen molar-refractivity contribution in [3.63, 3.8) is 0 Å². The highest BCUT2D eigenvalue weighted by Crippen LogP contribution is 2.34. The van der Waals surface area contributed by atoms with Gasteiger partial charge >= 0.3 is 0 Å². The first-order valence-corrected chi connectivity index (χ1v) is 7.57. The van der Waals surface area contributed by atoms with Crippen LogP contribution in [0.15, 0.2) is 16.6 Å². The van der Waals surface area contributed by atoms with Crippen molar-refractivity contribution in [3.05, 3.63) is 27.7 Å². The number of carbonyl (C=O) groups excluding carboxylic acids is 1. The van der Waals surface area contributed by atoms with Crippen molar-refractivity contribution in [2.24, 2.45) is 11.7 Å². The van der Waals surface area contributed by atoms with Crippen LogP contribution in [0.4, 0.5) is 0 Å². The van der Waals surface area contributed by atoms with E-state index >= 15 is 0 Å². The van der Waals surface area contributed by atoms with Crippen LogP contribution in [-0.4, -0.2) is 18.9 Å². The molecule has 0 radical (unpaired) electrons. The third-order valence-corrected chi connectivity index (χ3v) is 4.14. The predicted octanol–water partition coefficient (Wildman–Crippen LogP) is 3.47. The zero-order valence-electron chi connectivity index (χ0n) is 11.2. The van der Waals surface area contributed by atoms with E-state index < -0.39 is 0 Å². The molecule has 3 nitrogen and oxygen atoms in total. The molecule has 0 amide bonds. The normalized spacial score (nSPS) is 15.1. The average Bonchev–Trinajstić information content (AvgIpc) is 2.29. The van der Waals surface area contributed by atoms with Crippen LogP contribution in [0.5, 0.6) is 5.75 Å². The van der Waals surface area contributed by atoms with Gasteiger partial charge in [0.1, 0.15) is 5.75 Å². The second-order valence-corrected chi connectivity index (χ2v) is 6.05. The van der Waals surface area contributed by atoms with Crippen LogP contribution in [0.25, 0.3) is 0 Å². The number of Topliss-reactive ketones (excluding diaryl/α,β-unsaturated/α-hetero) is 1. The van der Waals surface area contributed by atoms with E-state index in [9.17, 15) is 4.79 Å². The molecule has 1 aromatic carbocycles. The number of nitrogens with two attached hydrogens (primary N) is 1. The maximum atomic E-state index is 12.1. The Hall–Kier alpha value is -0.870. The fourth-order valence-corrected chi connectivity index (χ4v) is 2.90. The van der Waals surface area contributed by atoms with Crippen LogP contribution in [0, 0.1) is 12.8 Å². The number of hydrogen-bond donors (Lipinski definition) is 1. The van der Waals surface area contributed by atoms with Crippen molar-refractivity contribution in [1.29, 1.82) is 0 Å². The Morgan fingerprint density at radius 1 is 1.47 bits per heavy atom. The van der Waals surface area contributed by atoms with E-state index in [1.807, 2.05) is 19.1 Å². The monoisotopic (exact) mass is 325 g/mol. The molecule has 0 aromatic heterocycles. The summed E-state index contributed by atoms with van der Waals surface area (Å²) in [4.78, 5) is 12.1. The Morgan fingerprint density at radius 2 is 2.21 bits per heavy atom. The lowest BCUT2D eigenvalue weighted by atomic mass is 9.86. The van der Waals surface area contributed by atoms with Gasteiger partial charge < -0.3 is 10.5 Å². The van der Waals surface area contributed by atoms with Gasteiger partial charge in [0.15, 0.2) is 5.78 Å². The fourth-order valence-electron chi connectivity index (χ4n) is 2.21. The van der Waals surface area contributed by atoms with E-state index in [0.29, 0.717) is 36.8 Å². The minimum Gasteiger partial charge on any atom is -0.491 e. The molecule has 1 aliphatic rings. The zero-order valence-corrected chi connectivity index (χ0v) is 12.8. The van der Waals surface area contributed by atoms with Gasteiger partial charge in [-0.2, -0.15) is 0 Å². The van der Waals surface area contributed by atoms with E-state index in [4.69, 9.17) is 10.5 Å². The first kappa shape index (κ1) is 14.5. The van der Waals surface area contributed by atoms with Crippen LogP contribution in [0.2, 0.25) is 0 Å². The second kappa shape index (κ2) is 6.53. The molecule has 0 bridgehead atoms. The molecule has 2 rings (SSSR count). The number of ketones is 1. The van der Waals surface area contributed by atoms with Gasteiger partial charge in [0.25, 0.3) is 0 Å². The third-order valence-electron chi connectivity index (χ3n) is 3.55. The molecule has 2 N–H and O–H groups in total. The van der Waals surface area contributed by atoms with Crippen molar-refractivity contribution >= 4 is 21.7 Å². The average molecular weight is 326 g/mol. The van der Waals surface area contributed by atoms with Gasteiger partial charge in [-0.25, -0.2) is 0 Å². The maximum Gasteiger partial charge on any atom is 0.167 e. The first-order chi connectivity index (χ1) is 9.11. The Balaban J connectivity index is 2.19. The molecule has 0 saturated heterocycles. The van der Waals surface area contributed by atoms with Crippen LogP contribution in [-0.2, 0) is 0 Å². The quantitative estimate of drug-likeness (QED) is 0.815. The first-order valence-electron chi connectivity index (χ1n) is 6.78. The summed E-state index contributed by atoms with van der Waals surface area (Å²) in [7, 11) is 0. The van der Waals surface area contributed by atoms with E-state index in [1.54, 1.807) is 0 Å². The summed E-state index contributed by atoms with van der Waals surface area (Å²) in [6.45, 7) is 3.04. The molecule has 0 aliphatic heterocycles. The second-order valence-electron chi connectivity index (χ2n) is 5.19. The van der Waals surface area contributed by atoms with Gasteiger partial charge in [-0.3, -0.25) is 4.79 Å². The predicted molar refractivity (Wildman–Crippen MR) is 79.7 cm³/mol. The maximum absolute atomic E-state index is 12.1. The molecule has 0 heterocycles. The summed E-state index contributed by atoms with van der Waals surface area (Å²) in [5.74, 6) is 1.37. The number of benzene rings is 1. The molecule has 0 atom stereocenters. The van der Waals surface area contributed by atoms with Crippen molar-refractivity contribution in [1.82, 2.24) is 0 Å². The number of hydrogen-bond acceptors (Lipinski definition) is 3. The smallest absolute Gasteiger partial charge is 0.167 e. The minimum atomic E-state index is 0.0514. The van der Waals surface area contributed by atoms with E-state index in [-0.39, 0.29) is 5.78 Å². The molecular formula is C15H20BrNO2. The van der Waals surface area contributed by atoms with Crippen molar-refractivity contribution in [2.75, 3.05) is 13.2 Å². The molecule has 104 valence electrons. The van der Waals surface area contributed by atoms with Crippen LogP contribution in [0.3, 0.4) is 0 Å². The number of rotatable bonds is 6. The molecule has 0 spiro atoms. The van der Waals surface area contributed by atoms with Crippen molar-refractivity contribution in [3.8, 4) is 5.75 Å². The largest absolute Gasteiger partial charge is 0.491 e. The van der Waals surface area contributed by atoms with Gasteiger partial charge in [-0.15, -0.1) is 0 Å². The topological polar surface area (TPSA) is 52.3 Å². The van der Waals surface area contributed by atoms with Gasteiger partial charge in [-0.1, -0.05) is 6.42 Å². The molecule has 1 saturated carbocycles. The summed E-state index contributed by atoms with van der Waals surface area (Å²) >= 11 is 3.50. The third kappa shape index (κ3) is 3.57. The summed E-state index contributed by atoms with van der Waals surface area (Å²) in [5.41, 5.74) is 7.17. The van der Waals surface area contributed by atoms with E-state index in [1.165, 1.54) is 19.3 Å². The fraction of sp³-hybridized carbons (Fsp3) is 0.533. The van der Waals surface area contributed by atoms with Crippen molar-refractivity contribution in [2.45, 2.75) is 32.6 Å². The molecule has 4 heteroatoms. The molecule has 1 aromatic rings. The number of aryl methyl sites for hydroxylation is 1. The van der Waals surface area contributed by atoms with Crippen molar-refractivity contribution < 1.29 is 9.53 Å². The Bertz CT molecular complexity index is 469. The van der Waals surface area contributed by atoms with Crippen LogP contribution < -0.4 is 10.5 Å². The molecule has 1 fully saturated rings. The van der Waals surface area contributed by atoms with E-state index in [0.717, 1.165) is 10.0 Å². The molecule has 1 aliphatic carbocycles. The highest BCUT2D eigenvalue weighted by molar-refractivity contribution is 9.10. The van der Waals surface area contributed by atoms with Gasteiger partial charge in [0.2, 0.25) is 0 Å². The lowest BCUT2D eigenvalue weighted by Crippen LogP contribution is -2.20. The Kier molecular flexibility index (Phi) is 4.99. The standard InChI is InChI=1S/C15H20BrNO2/c1-10-7-12(14(18)5-6-17)15(13(16)8-10)19-9-11-3-2-4-11/h7-8,11H,2-6,9,17H2,1H3. The van der Waals surface area contributed by atoms with Crippen LogP contribution >= 0.6 is 15.9 Å². The summed E-state index contributed by atoms with van der Waals surface area (Å²) in [6, 6.07) is 3.87. The number of carbonyl (C=O) groups is 1. The van der Waals surface area contributed by atoms with E-state index in [2.05, 4.69) is 15.9 Å². The lowest BCUT2D eigenvalue weighted by Gasteiger charge is -2.26. The highest BCUT2D eigenvalue weighted by Gasteiger charge is 2.21. The molecule has 0 unspecified atom stereocenters. The summed E-state index contributed by atoms with van der Waals surface area (Å²) in [6.07, 6.45) is 4.11. The zero-order chi connectivity index (χ0) is 13.8.